The Morgan fingerprint density at radius 1 is 0.923 bits per heavy atom. The molecule has 0 spiro atoms. The maximum atomic E-state index is 12.3. The van der Waals surface area contributed by atoms with Crippen LogP contribution in [0.5, 0.6) is 17.2 Å². The first-order chi connectivity index (χ1) is 12.5. The van der Waals surface area contributed by atoms with E-state index in [1.165, 1.54) is 30.3 Å². The van der Waals surface area contributed by atoms with Gasteiger partial charge in [-0.05, 0) is 54.6 Å². The van der Waals surface area contributed by atoms with Gasteiger partial charge in [-0.3, -0.25) is 14.9 Å². The average Bonchev–Trinajstić information content (AvgIpc) is 2.65. The summed E-state index contributed by atoms with van der Waals surface area (Å²) in [5.41, 5.74) is 0.213. The maximum absolute atomic E-state index is 12.3. The normalized spacial score (nSPS) is 10.2. The molecule has 26 heavy (non-hydrogen) atoms. The van der Waals surface area contributed by atoms with Crippen molar-refractivity contribution in [3.8, 4) is 17.2 Å². The van der Waals surface area contributed by atoms with Crippen LogP contribution in [-0.2, 0) is 0 Å². The van der Waals surface area contributed by atoms with E-state index in [1.54, 1.807) is 42.5 Å². The zero-order valence-electron chi connectivity index (χ0n) is 13.5. The van der Waals surface area contributed by atoms with E-state index in [1.807, 2.05) is 0 Å². The van der Waals surface area contributed by atoms with Crippen molar-refractivity contribution in [2.24, 2.45) is 0 Å². The predicted octanol–water partition coefficient (Wildman–Crippen LogP) is 4.35. The van der Waals surface area contributed by atoms with Crippen LogP contribution in [0.4, 0.5) is 11.4 Å². The summed E-state index contributed by atoms with van der Waals surface area (Å²) in [5.74, 6) is 0.675. The number of carbonyl (C=O) groups excluding carboxylic acids is 1. The lowest BCUT2D eigenvalue weighted by molar-refractivity contribution is -0.385. The highest BCUT2D eigenvalue weighted by molar-refractivity contribution is 6.07. The zero-order valence-corrected chi connectivity index (χ0v) is 13.5. The molecular formula is C19H14N2O5. The topological polar surface area (TPSA) is 102 Å². The number of phenolic OH excluding ortho intramolecular Hbond substituents is 1. The molecule has 0 fully saturated rings. The number of carbonyl (C=O) groups is 1. The highest BCUT2D eigenvalue weighted by Crippen LogP contribution is 2.25. The second-order valence-electron chi connectivity index (χ2n) is 5.35. The Bertz CT molecular complexity index is 937. The number of ether oxygens (including phenoxy) is 1. The molecule has 3 rings (SSSR count). The number of rotatable bonds is 5. The Balaban J connectivity index is 1.70. The van der Waals surface area contributed by atoms with Crippen LogP contribution >= 0.6 is 0 Å². The fourth-order valence-corrected chi connectivity index (χ4v) is 2.28. The van der Waals surface area contributed by atoms with Crippen molar-refractivity contribution in [2.45, 2.75) is 0 Å². The summed E-state index contributed by atoms with van der Waals surface area (Å²) in [4.78, 5) is 22.7. The fourth-order valence-electron chi connectivity index (χ4n) is 2.28. The van der Waals surface area contributed by atoms with Gasteiger partial charge in [0.25, 0.3) is 11.6 Å². The first-order valence-electron chi connectivity index (χ1n) is 7.64. The predicted molar refractivity (Wildman–Crippen MR) is 95.7 cm³/mol. The largest absolute Gasteiger partial charge is 0.508 e. The van der Waals surface area contributed by atoms with Crippen molar-refractivity contribution < 1.29 is 19.6 Å². The monoisotopic (exact) mass is 350 g/mol. The van der Waals surface area contributed by atoms with Crippen molar-refractivity contribution in [2.75, 3.05) is 5.32 Å². The minimum absolute atomic E-state index is 0.0121. The summed E-state index contributed by atoms with van der Waals surface area (Å²) in [7, 11) is 0. The lowest BCUT2D eigenvalue weighted by Gasteiger charge is -2.08. The van der Waals surface area contributed by atoms with Gasteiger partial charge in [0.2, 0.25) is 0 Å². The van der Waals surface area contributed by atoms with Crippen molar-refractivity contribution in [1.29, 1.82) is 0 Å². The standard InChI is InChI=1S/C19H14N2O5/c22-14-7-11-16(12-8-14)26-15-9-5-13(6-10-15)20-19(23)17-3-1-2-4-18(17)21(24)25/h1-12,22H,(H,20,23). The highest BCUT2D eigenvalue weighted by atomic mass is 16.6. The third-order valence-corrected chi connectivity index (χ3v) is 3.53. The van der Waals surface area contributed by atoms with Gasteiger partial charge in [-0.2, -0.15) is 0 Å². The Labute approximate surface area is 148 Å². The second-order valence-corrected chi connectivity index (χ2v) is 5.35. The van der Waals surface area contributed by atoms with Gasteiger partial charge in [0.05, 0.1) is 4.92 Å². The van der Waals surface area contributed by atoms with Crippen molar-refractivity contribution in [3.05, 3.63) is 88.5 Å². The minimum atomic E-state index is -0.594. The lowest BCUT2D eigenvalue weighted by atomic mass is 10.1. The third kappa shape index (κ3) is 3.96. The van der Waals surface area contributed by atoms with E-state index in [4.69, 9.17) is 4.74 Å². The van der Waals surface area contributed by atoms with Gasteiger partial charge in [-0.25, -0.2) is 0 Å². The van der Waals surface area contributed by atoms with E-state index in [9.17, 15) is 20.0 Å². The number of amides is 1. The SMILES string of the molecule is O=C(Nc1ccc(Oc2ccc(O)cc2)cc1)c1ccccc1[N+](=O)[O-]. The van der Waals surface area contributed by atoms with E-state index < -0.39 is 10.8 Å². The number of anilines is 1. The molecule has 0 heterocycles. The first-order valence-corrected chi connectivity index (χ1v) is 7.64. The quantitative estimate of drug-likeness (QED) is 0.526. The smallest absolute Gasteiger partial charge is 0.282 e. The molecule has 7 nitrogen and oxygen atoms in total. The number of benzene rings is 3. The number of aromatic hydroxyl groups is 1. The molecule has 0 saturated carbocycles. The summed E-state index contributed by atoms with van der Waals surface area (Å²) in [6.45, 7) is 0. The van der Waals surface area contributed by atoms with Crippen molar-refractivity contribution >= 4 is 17.3 Å². The van der Waals surface area contributed by atoms with Crippen LogP contribution in [0, 0.1) is 10.1 Å². The molecule has 3 aromatic rings. The van der Waals surface area contributed by atoms with Gasteiger partial charge in [0, 0.05) is 11.8 Å². The summed E-state index contributed by atoms with van der Waals surface area (Å²) in [6, 6.07) is 18.6. The third-order valence-electron chi connectivity index (χ3n) is 3.53. The molecule has 0 bridgehead atoms. The highest BCUT2D eigenvalue weighted by Gasteiger charge is 2.19. The van der Waals surface area contributed by atoms with Crippen LogP contribution in [0.2, 0.25) is 0 Å². The molecule has 130 valence electrons. The number of nitro benzene ring substituents is 1. The summed E-state index contributed by atoms with van der Waals surface area (Å²) in [6.07, 6.45) is 0. The number of hydrogen-bond acceptors (Lipinski definition) is 5. The molecule has 0 aromatic heterocycles. The first kappa shape index (κ1) is 17.0. The Morgan fingerprint density at radius 3 is 2.12 bits per heavy atom. The Hall–Kier alpha value is -3.87. The van der Waals surface area contributed by atoms with Gasteiger partial charge in [-0.15, -0.1) is 0 Å². The molecule has 0 aliphatic rings. The van der Waals surface area contributed by atoms with Crippen molar-refractivity contribution in [1.82, 2.24) is 0 Å². The number of hydrogen-bond donors (Lipinski definition) is 2. The average molecular weight is 350 g/mol. The van der Waals surface area contributed by atoms with E-state index in [2.05, 4.69) is 5.32 Å². The van der Waals surface area contributed by atoms with E-state index in [-0.39, 0.29) is 17.0 Å². The minimum Gasteiger partial charge on any atom is -0.508 e. The maximum Gasteiger partial charge on any atom is 0.282 e. The molecule has 0 aliphatic carbocycles. The Morgan fingerprint density at radius 2 is 1.50 bits per heavy atom. The van der Waals surface area contributed by atoms with Gasteiger partial charge in [-0.1, -0.05) is 12.1 Å². The zero-order chi connectivity index (χ0) is 18.5. The van der Waals surface area contributed by atoms with Crippen LogP contribution in [0.25, 0.3) is 0 Å². The molecule has 0 atom stereocenters. The molecule has 1 amide bonds. The second kappa shape index (κ2) is 7.35. The molecule has 0 radical (unpaired) electrons. The van der Waals surface area contributed by atoms with Crippen LogP contribution in [0.1, 0.15) is 10.4 Å². The fraction of sp³-hybridized carbons (Fsp3) is 0. The molecule has 3 aromatic carbocycles. The number of para-hydroxylation sites is 1. The molecule has 0 unspecified atom stereocenters. The van der Waals surface area contributed by atoms with Gasteiger partial charge >= 0.3 is 0 Å². The molecule has 2 N–H and O–H groups in total. The molecule has 0 aliphatic heterocycles. The number of nitrogens with zero attached hydrogens (tertiary/aromatic N) is 1. The van der Waals surface area contributed by atoms with Gasteiger partial charge in [0.1, 0.15) is 22.8 Å². The lowest BCUT2D eigenvalue weighted by Crippen LogP contribution is -2.13. The van der Waals surface area contributed by atoms with Crippen LogP contribution < -0.4 is 10.1 Å². The van der Waals surface area contributed by atoms with Crippen LogP contribution in [0.15, 0.2) is 72.8 Å². The van der Waals surface area contributed by atoms with Crippen LogP contribution in [-0.4, -0.2) is 15.9 Å². The van der Waals surface area contributed by atoms with Gasteiger partial charge < -0.3 is 15.2 Å². The number of nitro groups is 1. The van der Waals surface area contributed by atoms with E-state index >= 15 is 0 Å². The molecule has 0 saturated heterocycles. The van der Waals surface area contributed by atoms with E-state index in [0.29, 0.717) is 17.2 Å². The van der Waals surface area contributed by atoms with Crippen molar-refractivity contribution in [3.63, 3.8) is 0 Å². The number of nitrogens with one attached hydrogen (secondary N) is 1. The summed E-state index contributed by atoms with van der Waals surface area (Å²) < 4.78 is 5.62. The number of phenols is 1. The van der Waals surface area contributed by atoms with E-state index in [0.717, 1.165) is 0 Å². The van der Waals surface area contributed by atoms with Gasteiger partial charge in [0.15, 0.2) is 0 Å². The summed E-state index contributed by atoms with van der Waals surface area (Å²) in [5, 5.41) is 22.9. The molecule has 7 heteroatoms. The molecular weight excluding hydrogens is 336 g/mol. The van der Waals surface area contributed by atoms with Crippen LogP contribution in [0.3, 0.4) is 0 Å². The summed E-state index contributed by atoms with van der Waals surface area (Å²) >= 11 is 0. The Kier molecular flexibility index (Phi) is 4.80.